The molecule has 164 valence electrons. The number of nitrogens with zero attached hydrogens (tertiary/aromatic N) is 2. The number of aliphatic hydroxyl groups is 1. The lowest BCUT2D eigenvalue weighted by Crippen LogP contribution is -2.29. The number of thiazole rings is 1. The number of aromatic nitrogens is 1. The summed E-state index contributed by atoms with van der Waals surface area (Å²) in [5, 5.41) is 11.4. The van der Waals surface area contributed by atoms with Crippen molar-refractivity contribution in [2.45, 2.75) is 19.9 Å². The number of carbonyl (C=O) groups is 2. The SMILES string of the molecule is Cc1cc(C)c2nc(N3C(=O)C(=O)/C(=C(/O)c4ccc(F)cc4)[C@H]3c3ccccc3)sc2c1. The van der Waals surface area contributed by atoms with Gasteiger partial charge >= 0.3 is 5.91 Å². The summed E-state index contributed by atoms with van der Waals surface area (Å²) < 4.78 is 14.3. The van der Waals surface area contributed by atoms with Crippen molar-refractivity contribution in [3.63, 3.8) is 0 Å². The zero-order chi connectivity index (χ0) is 23.3. The maximum absolute atomic E-state index is 13.4. The minimum absolute atomic E-state index is 0.0510. The molecule has 1 aliphatic rings. The summed E-state index contributed by atoms with van der Waals surface area (Å²) in [6.45, 7) is 3.95. The Morgan fingerprint density at radius 2 is 1.73 bits per heavy atom. The number of anilines is 1. The third-order valence-electron chi connectivity index (χ3n) is 5.70. The maximum Gasteiger partial charge on any atom is 0.301 e. The Morgan fingerprint density at radius 3 is 2.42 bits per heavy atom. The number of benzene rings is 3. The number of amides is 1. The van der Waals surface area contributed by atoms with E-state index in [-0.39, 0.29) is 16.9 Å². The molecule has 1 amide bonds. The van der Waals surface area contributed by atoms with Gasteiger partial charge in [0, 0.05) is 5.56 Å². The summed E-state index contributed by atoms with van der Waals surface area (Å²) in [5.74, 6) is -2.39. The number of rotatable bonds is 3. The fourth-order valence-corrected chi connectivity index (χ4v) is 5.37. The molecule has 1 aliphatic heterocycles. The van der Waals surface area contributed by atoms with Crippen LogP contribution in [0.4, 0.5) is 9.52 Å². The normalized spacial score (nSPS) is 17.8. The summed E-state index contributed by atoms with van der Waals surface area (Å²) in [4.78, 5) is 32.5. The van der Waals surface area contributed by atoms with Crippen molar-refractivity contribution in [2.75, 3.05) is 4.90 Å². The third-order valence-corrected chi connectivity index (χ3v) is 6.70. The van der Waals surface area contributed by atoms with E-state index in [0.717, 1.165) is 21.3 Å². The highest BCUT2D eigenvalue weighted by Gasteiger charge is 2.48. The number of ketones is 1. The zero-order valence-electron chi connectivity index (χ0n) is 17.9. The first-order chi connectivity index (χ1) is 15.8. The molecule has 5 rings (SSSR count). The van der Waals surface area contributed by atoms with E-state index < -0.39 is 23.5 Å². The van der Waals surface area contributed by atoms with Crippen LogP contribution in [-0.4, -0.2) is 21.8 Å². The van der Waals surface area contributed by atoms with Gasteiger partial charge in [-0.2, -0.15) is 0 Å². The minimum Gasteiger partial charge on any atom is -0.507 e. The van der Waals surface area contributed by atoms with Gasteiger partial charge in [0.05, 0.1) is 21.8 Å². The number of Topliss-reactive ketones (excluding diaryl/α,β-unsaturated/α-hetero) is 1. The number of aliphatic hydroxyl groups excluding tert-OH is 1. The van der Waals surface area contributed by atoms with Gasteiger partial charge in [0.25, 0.3) is 5.78 Å². The van der Waals surface area contributed by atoms with Crippen molar-refractivity contribution in [1.29, 1.82) is 0 Å². The van der Waals surface area contributed by atoms with Crippen molar-refractivity contribution in [3.8, 4) is 0 Å². The molecule has 0 aliphatic carbocycles. The van der Waals surface area contributed by atoms with Crippen molar-refractivity contribution >= 4 is 44.1 Å². The van der Waals surface area contributed by atoms with Crippen LogP contribution in [0.2, 0.25) is 0 Å². The van der Waals surface area contributed by atoms with Gasteiger partial charge in [-0.3, -0.25) is 14.5 Å². The molecule has 2 heterocycles. The Bertz CT molecular complexity index is 1440. The van der Waals surface area contributed by atoms with E-state index in [4.69, 9.17) is 4.98 Å². The summed E-state index contributed by atoms with van der Waals surface area (Å²) >= 11 is 1.33. The second-order valence-corrected chi connectivity index (χ2v) is 9.02. The average Bonchev–Trinajstić information content (AvgIpc) is 3.33. The van der Waals surface area contributed by atoms with E-state index in [1.165, 1.54) is 40.5 Å². The minimum atomic E-state index is -0.863. The molecular formula is C26H19FN2O3S. The molecule has 3 aromatic carbocycles. The highest BCUT2D eigenvalue weighted by molar-refractivity contribution is 7.22. The van der Waals surface area contributed by atoms with Crippen LogP contribution in [0.5, 0.6) is 0 Å². The molecule has 1 atom stereocenters. The fraction of sp³-hybridized carbons (Fsp3) is 0.115. The second kappa shape index (κ2) is 7.94. The molecule has 7 heteroatoms. The number of hydrogen-bond acceptors (Lipinski definition) is 5. The Kier molecular flexibility index (Phi) is 5.06. The second-order valence-electron chi connectivity index (χ2n) is 8.01. The standard InChI is InChI=1S/C26H19FN2O3S/c1-14-12-15(2)21-19(13-14)33-26(28-21)29-22(16-6-4-3-5-7-16)20(24(31)25(29)32)23(30)17-8-10-18(27)11-9-17/h3-13,22,30H,1-2H3/b23-20+/t22-/m1/s1. The molecule has 1 aromatic heterocycles. The molecule has 33 heavy (non-hydrogen) atoms. The first-order valence-electron chi connectivity index (χ1n) is 10.3. The van der Waals surface area contributed by atoms with Gasteiger partial charge < -0.3 is 5.11 Å². The number of hydrogen-bond donors (Lipinski definition) is 1. The predicted molar refractivity (Wildman–Crippen MR) is 127 cm³/mol. The monoisotopic (exact) mass is 458 g/mol. The van der Waals surface area contributed by atoms with Crippen molar-refractivity contribution in [3.05, 3.63) is 100 Å². The highest BCUT2D eigenvalue weighted by Crippen LogP contribution is 2.44. The quantitative estimate of drug-likeness (QED) is 0.244. The molecule has 0 spiro atoms. The van der Waals surface area contributed by atoms with Crippen LogP contribution in [0.3, 0.4) is 0 Å². The molecule has 0 bridgehead atoms. The van der Waals surface area contributed by atoms with Gasteiger partial charge in [0.15, 0.2) is 5.13 Å². The molecule has 1 saturated heterocycles. The zero-order valence-corrected chi connectivity index (χ0v) is 18.7. The molecule has 0 unspecified atom stereocenters. The molecule has 0 saturated carbocycles. The Labute approximate surface area is 193 Å². The van der Waals surface area contributed by atoms with Gasteiger partial charge in [-0.1, -0.05) is 47.7 Å². The first kappa shape index (κ1) is 21.0. The van der Waals surface area contributed by atoms with Crippen LogP contribution >= 0.6 is 11.3 Å². The van der Waals surface area contributed by atoms with E-state index in [1.54, 1.807) is 24.3 Å². The van der Waals surface area contributed by atoms with E-state index in [2.05, 4.69) is 0 Å². The summed E-state index contributed by atoms with van der Waals surface area (Å²) in [7, 11) is 0. The van der Waals surface area contributed by atoms with Gasteiger partial charge in [-0.15, -0.1) is 0 Å². The van der Waals surface area contributed by atoms with E-state index in [0.29, 0.717) is 10.7 Å². The fourth-order valence-electron chi connectivity index (χ4n) is 4.21. The topological polar surface area (TPSA) is 70.5 Å². The van der Waals surface area contributed by atoms with Crippen LogP contribution in [0, 0.1) is 19.7 Å². The lowest BCUT2D eigenvalue weighted by molar-refractivity contribution is -0.132. The van der Waals surface area contributed by atoms with E-state index >= 15 is 0 Å². The lowest BCUT2D eigenvalue weighted by atomic mass is 9.95. The summed E-state index contributed by atoms with van der Waals surface area (Å²) in [6, 6.07) is 17.3. The van der Waals surface area contributed by atoms with Crippen LogP contribution in [0.15, 0.2) is 72.3 Å². The van der Waals surface area contributed by atoms with Crippen molar-refractivity contribution in [2.24, 2.45) is 0 Å². The lowest BCUT2D eigenvalue weighted by Gasteiger charge is -2.22. The maximum atomic E-state index is 13.4. The Hall–Kier alpha value is -3.84. The van der Waals surface area contributed by atoms with Crippen LogP contribution in [0.25, 0.3) is 16.0 Å². The number of fused-ring (bicyclic) bond motifs is 1. The molecular weight excluding hydrogens is 439 g/mol. The van der Waals surface area contributed by atoms with Crippen molar-refractivity contribution < 1.29 is 19.1 Å². The molecule has 1 fully saturated rings. The molecule has 4 aromatic rings. The first-order valence-corrected chi connectivity index (χ1v) is 11.2. The van der Waals surface area contributed by atoms with Crippen LogP contribution in [0.1, 0.15) is 28.3 Å². The van der Waals surface area contributed by atoms with E-state index in [1.807, 2.05) is 32.0 Å². The van der Waals surface area contributed by atoms with Crippen molar-refractivity contribution in [1.82, 2.24) is 4.98 Å². The van der Waals surface area contributed by atoms with Crippen LogP contribution in [-0.2, 0) is 9.59 Å². The number of aryl methyl sites for hydroxylation is 2. The Balaban J connectivity index is 1.73. The molecule has 5 nitrogen and oxygen atoms in total. The van der Waals surface area contributed by atoms with E-state index in [9.17, 15) is 19.1 Å². The predicted octanol–water partition coefficient (Wildman–Crippen LogP) is 5.68. The average molecular weight is 459 g/mol. The van der Waals surface area contributed by atoms with Gasteiger partial charge in [-0.05, 0) is 60.9 Å². The van der Waals surface area contributed by atoms with Gasteiger partial charge in [-0.25, -0.2) is 9.37 Å². The molecule has 0 radical (unpaired) electrons. The summed E-state index contributed by atoms with van der Waals surface area (Å²) in [6.07, 6.45) is 0. The Morgan fingerprint density at radius 1 is 1.03 bits per heavy atom. The number of carbonyl (C=O) groups excluding carboxylic acids is 2. The van der Waals surface area contributed by atoms with Gasteiger partial charge in [0.1, 0.15) is 11.6 Å². The smallest absolute Gasteiger partial charge is 0.301 e. The third kappa shape index (κ3) is 3.50. The van der Waals surface area contributed by atoms with Crippen LogP contribution < -0.4 is 4.90 Å². The van der Waals surface area contributed by atoms with Gasteiger partial charge in [0.2, 0.25) is 0 Å². The largest absolute Gasteiger partial charge is 0.507 e. The highest BCUT2D eigenvalue weighted by atomic mass is 32.1. The number of halogens is 1. The summed E-state index contributed by atoms with van der Waals surface area (Å²) in [5.41, 5.74) is 3.69. The molecule has 1 N–H and O–H groups in total.